The number of aromatic nitrogens is 2. The van der Waals surface area contributed by atoms with E-state index in [1.165, 1.54) is 0 Å². The lowest BCUT2D eigenvalue weighted by molar-refractivity contribution is 0.534. The minimum Gasteiger partial charge on any atom is -0.469 e. The number of hydrogen-bond acceptors (Lipinski definition) is 5. The SMILES string of the molecule is Cc1occc1-c1nc(NN)cc(C(C)(C)C)n1. The first-order chi connectivity index (χ1) is 8.41. The van der Waals surface area contributed by atoms with Crippen LogP contribution in [-0.2, 0) is 5.41 Å². The van der Waals surface area contributed by atoms with Gasteiger partial charge in [-0.3, -0.25) is 0 Å². The second-order valence-corrected chi connectivity index (χ2v) is 5.25. The molecular weight excluding hydrogens is 228 g/mol. The van der Waals surface area contributed by atoms with E-state index in [0.29, 0.717) is 11.6 Å². The predicted octanol–water partition coefficient (Wildman–Crippen LogP) is 2.63. The number of hydrogen-bond donors (Lipinski definition) is 2. The van der Waals surface area contributed by atoms with E-state index in [9.17, 15) is 0 Å². The monoisotopic (exact) mass is 246 g/mol. The zero-order valence-electron chi connectivity index (χ0n) is 11.1. The molecule has 0 saturated carbocycles. The molecule has 18 heavy (non-hydrogen) atoms. The van der Waals surface area contributed by atoms with Crippen LogP contribution in [0.4, 0.5) is 5.82 Å². The number of nitrogens with one attached hydrogen (secondary N) is 1. The quantitative estimate of drug-likeness (QED) is 0.629. The molecule has 0 aliphatic carbocycles. The molecule has 0 fully saturated rings. The summed E-state index contributed by atoms with van der Waals surface area (Å²) in [5.74, 6) is 7.48. The minimum absolute atomic E-state index is 0.0685. The third-order valence-electron chi connectivity index (χ3n) is 2.74. The molecule has 0 aliphatic heterocycles. The zero-order chi connectivity index (χ0) is 13.3. The third-order valence-corrected chi connectivity index (χ3v) is 2.74. The Morgan fingerprint density at radius 2 is 2.00 bits per heavy atom. The van der Waals surface area contributed by atoms with Crippen molar-refractivity contribution < 1.29 is 4.42 Å². The Morgan fingerprint density at radius 1 is 1.28 bits per heavy atom. The summed E-state index contributed by atoms with van der Waals surface area (Å²) in [6.45, 7) is 8.18. The molecule has 3 N–H and O–H groups in total. The van der Waals surface area contributed by atoms with Crippen molar-refractivity contribution in [2.75, 3.05) is 5.43 Å². The maximum absolute atomic E-state index is 5.46. The smallest absolute Gasteiger partial charge is 0.165 e. The molecule has 2 rings (SSSR count). The summed E-state index contributed by atoms with van der Waals surface area (Å²) in [4.78, 5) is 8.95. The maximum Gasteiger partial charge on any atom is 0.165 e. The molecule has 0 bridgehead atoms. The third kappa shape index (κ3) is 2.36. The first-order valence-corrected chi connectivity index (χ1v) is 5.82. The maximum atomic E-state index is 5.46. The van der Waals surface area contributed by atoms with E-state index in [1.807, 2.05) is 19.1 Å². The van der Waals surface area contributed by atoms with Gasteiger partial charge in [0.1, 0.15) is 11.6 Å². The molecule has 0 amide bonds. The summed E-state index contributed by atoms with van der Waals surface area (Å²) in [6, 6.07) is 3.72. The van der Waals surface area contributed by atoms with E-state index in [2.05, 4.69) is 36.2 Å². The molecule has 5 nitrogen and oxygen atoms in total. The van der Waals surface area contributed by atoms with Gasteiger partial charge in [-0.15, -0.1) is 0 Å². The standard InChI is InChI=1S/C13H18N4O/c1-8-9(5-6-18-8)12-15-10(13(2,3)4)7-11(16-12)17-14/h5-7H,14H2,1-4H3,(H,15,16,17). The summed E-state index contributed by atoms with van der Waals surface area (Å²) in [7, 11) is 0. The Labute approximate surface area is 106 Å². The lowest BCUT2D eigenvalue weighted by Crippen LogP contribution is -2.17. The molecule has 0 saturated heterocycles. The van der Waals surface area contributed by atoms with Crippen molar-refractivity contribution in [1.82, 2.24) is 9.97 Å². The van der Waals surface area contributed by atoms with E-state index in [4.69, 9.17) is 10.3 Å². The summed E-state index contributed by atoms with van der Waals surface area (Å²) < 4.78 is 5.29. The van der Waals surface area contributed by atoms with Gasteiger partial charge in [-0.05, 0) is 13.0 Å². The van der Waals surface area contributed by atoms with Crippen LogP contribution in [0, 0.1) is 6.92 Å². The minimum atomic E-state index is -0.0685. The van der Waals surface area contributed by atoms with E-state index in [0.717, 1.165) is 17.0 Å². The molecule has 0 atom stereocenters. The number of furan rings is 1. The van der Waals surface area contributed by atoms with Crippen LogP contribution in [0.15, 0.2) is 22.8 Å². The van der Waals surface area contributed by atoms with Crippen LogP contribution in [0.3, 0.4) is 0 Å². The Kier molecular flexibility index (Phi) is 3.09. The van der Waals surface area contributed by atoms with Gasteiger partial charge in [0.05, 0.1) is 17.5 Å². The number of anilines is 1. The highest BCUT2D eigenvalue weighted by Gasteiger charge is 2.19. The van der Waals surface area contributed by atoms with Crippen molar-refractivity contribution in [2.24, 2.45) is 5.84 Å². The van der Waals surface area contributed by atoms with E-state index >= 15 is 0 Å². The van der Waals surface area contributed by atoms with Crippen LogP contribution in [0.2, 0.25) is 0 Å². The second kappa shape index (κ2) is 4.42. The van der Waals surface area contributed by atoms with Crippen LogP contribution in [0.25, 0.3) is 11.4 Å². The average Bonchev–Trinajstić information content (AvgIpc) is 2.73. The van der Waals surface area contributed by atoms with Gasteiger partial charge in [0.15, 0.2) is 5.82 Å². The lowest BCUT2D eigenvalue weighted by Gasteiger charge is -2.19. The van der Waals surface area contributed by atoms with E-state index < -0.39 is 0 Å². The highest BCUT2D eigenvalue weighted by molar-refractivity contribution is 5.59. The number of rotatable bonds is 2. The van der Waals surface area contributed by atoms with Gasteiger partial charge in [0.2, 0.25) is 0 Å². The summed E-state index contributed by atoms with van der Waals surface area (Å²) in [6.07, 6.45) is 1.63. The van der Waals surface area contributed by atoms with Crippen LogP contribution in [-0.4, -0.2) is 9.97 Å². The van der Waals surface area contributed by atoms with E-state index in [-0.39, 0.29) is 5.41 Å². The van der Waals surface area contributed by atoms with Crippen molar-refractivity contribution in [3.05, 3.63) is 29.9 Å². The summed E-state index contributed by atoms with van der Waals surface area (Å²) in [5.41, 5.74) is 4.33. The predicted molar refractivity (Wildman–Crippen MR) is 71.0 cm³/mol. The van der Waals surface area contributed by atoms with Crippen LogP contribution >= 0.6 is 0 Å². The number of nitrogen functional groups attached to an aromatic ring is 1. The lowest BCUT2D eigenvalue weighted by atomic mass is 9.92. The molecule has 96 valence electrons. The fraction of sp³-hybridized carbons (Fsp3) is 0.385. The molecule has 2 aromatic rings. The highest BCUT2D eigenvalue weighted by atomic mass is 16.3. The normalized spacial score (nSPS) is 11.6. The molecule has 0 spiro atoms. The highest BCUT2D eigenvalue weighted by Crippen LogP contribution is 2.27. The second-order valence-electron chi connectivity index (χ2n) is 5.25. The number of nitrogens with two attached hydrogens (primary N) is 1. The van der Waals surface area contributed by atoms with Crippen molar-refractivity contribution in [1.29, 1.82) is 0 Å². The van der Waals surface area contributed by atoms with Gasteiger partial charge in [-0.2, -0.15) is 0 Å². The summed E-state index contributed by atoms with van der Waals surface area (Å²) in [5, 5.41) is 0. The average molecular weight is 246 g/mol. The molecular formula is C13H18N4O. The van der Waals surface area contributed by atoms with Crippen LogP contribution < -0.4 is 11.3 Å². The number of hydrazine groups is 1. The fourth-order valence-corrected chi connectivity index (χ4v) is 1.64. The summed E-state index contributed by atoms with van der Waals surface area (Å²) >= 11 is 0. The van der Waals surface area contributed by atoms with Gasteiger partial charge in [-0.1, -0.05) is 20.8 Å². The van der Waals surface area contributed by atoms with Gasteiger partial charge in [-0.25, -0.2) is 15.8 Å². The van der Waals surface area contributed by atoms with Crippen molar-refractivity contribution in [2.45, 2.75) is 33.1 Å². The molecule has 0 aliphatic rings. The van der Waals surface area contributed by atoms with Crippen LogP contribution in [0.5, 0.6) is 0 Å². The van der Waals surface area contributed by atoms with Gasteiger partial charge in [0.25, 0.3) is 0 Å². The zero-order valence-corrected chi connectivity index (χ0v) is 11.1. The Balaban J connectivity index is 2.58. The van der Waals surface area contributed by atoms with Crippen molar-refractivity contribution >= 4 is 5.82 Å². The molecule has 5 heteroatoms. The molecule has 2 heterocycles. The van der Waals surface area contributed by atoms with Crippen molar-refractivity contribution in [3.63, 3.8) is 0 Å². The Bertz CT molecular complexity index is 554. The van der Waals surface area contributed by atoms with Crippen LogP contribution in [0.1, 0.15) is 32.2 Å². The topological polar surface area (TPSA) is 77.0 Å². The van der Waals surface area contributed by atoms with Gasteiger partial charge >= 0.3 is 0 Å². The first-order valence-electron chi connectivity index (χ1n) is 5.82. The Hall–Kier alpha value is -1.88. The van der Waals surface area contributed by atoms with E-state index in [1.54, 1.807) is 6.26 Å². The first kappa shape index (κ1) is 12.6. The number of aryl methyl sites for hydroxylation is 1. The van der Waals surface area contributed by atoms with Crippen molar-refractivity contribution in [3.8, 4) is 11.4 Å². The molecule has 2 aromatic heterocycles. The molecule has 0 radical (unpaired) electrons. The fourth-order valence-electron chi connectivity index (χ4n) is 1.64. The number of nitrogens with zero attached hydrogens (tertiary/aromatic N) is 2. The Morgan fingerprint density at radius 3 is 2.50 bits per heavy atom. The largest absolute Gasteiger partial charge is 0.469 e. The van der Waals surface area contributed by atoms with Gasteiger partial charge < -0.3 is 9.84 Å². The molecule has 0 unspecified atom stereocenters. The van der Waals surface area contributed by atoms with Gasteiger partial charge in [0, 0.05) is 11.5 Å². The molecule has 0 aromatic carbocycles.